The van der Waals surface area contributed by atoms with Crippen LogP contribution in [0.1, 0.15) is 38.5 Å². The highest BCUT2D eigenvalue weighted by Gasteiger charge is 2.20. The lowest BCUT2D eigenvalue weighted by Crippen LogP contribution is -2.19. The minimum atomic E-state index is -0.835. The molecule has 2 unspecified atom stereocenters. The van der Waals surface area contributed by atoms with Crippen molar-refractivity contribution in [1.82, 2.24) is 0 Å². The summed E-state index contributed by atoms with van der Waals surface area (Å²) in [7, 11) is -0.835. The molecule has 0 amide bonds. The number of benzene rings is 1. The number of hydrogen-bond donors (Lipinski definition) is 0. The molecule has 3 heteroatoms. The fraction of sp³-hybridized carbons (Fsp3) is 0.538. The van der Waals surface area contributed by atoms with E-state index in [9.17, 15) is 4.21 Å². The topological polar surface area (TPSA) is 17.1 Å². The first-order chi connectivity index (χ1) is 7.29. The van der Waals surface area contributed by atoms with Crippen LogP contribution in [0.15, 0.2) is 24.3 Å². The van der Waals surface area contributed by atoms with Gasteiger partial charge >= 0.3 is 0 Å². The van der Waals surface area contributed by atoms with E-state index >= 15 is 0 Å². The van der Waals surface area contributed by atoms with E-state index in [2.05, 4.69) is 20.8 Å². The van der Waals surface area contributed by atoms with Crippen LogP contribution in [-0.2, 0) is 10.8 Å². The zero-order chi connectivity index (χ0) is 12.3. The first-order valence-electron chi connectivity index (χ1n) is 5.42. The standard InChI is InChI=1S/C13H19ClOS/c1-10(16(15)9-13(2,3)4)11-5-7-12(14)8-6-11/h5-8,10H,9H2,1-4H3. The summed E-state index contributed by atoms with van der Waals surface area (Å²) in [6.07, 6.45) is 0. The molecule has 0 aromatic heterocycles. The number of rotatable bonds is 3. The molecule has 2 atom stereocenters. The predicted octanol–water partition coefficient (Wildman–Crippen LogP) is 4.20. The molecule has 0 aliphatic heterocycles. The minimum Gasteiger partial charge on any atom is -0.259 e. The van der Waals surface area contributed by atoms with Crippen molar-refractivity contribution >= 4 is 22.4 Å². The SMILES string of the molecule is CC(c1ccc(Cl)cc1)S(=O)CC(C)(C)C. The minimum absolute atomic E-state index is 0.0662. The summed E-state index contributed by atoms with van der Waals surface area (Å²) in [6.45, 7) is 8.34. The first kappa shape index (κ1) is 13.7. The molecule has 0 bridgehead atoms. The summed E-state index contributed by atoms with van der Waals surface area (Å²) in [5.41, 5.74) is 1.19. The van der Waals surface area contributed by atoms with E-state index in [1.54, 1.807) is 0 Å². The summed E-state index contributed by atoms with van der Waals surface area (Å²) in [6, 6.07) is 7.60. The van der Waals surface area contributed by atoms with Gasteiger partial charge < -0.3 is 0 Å². The van der Waals surface area contributed by atoms with Crippen LogP contribution >= 0.6 is 11.6 Å². The summed E-state index contributed by atoms with van der Waals surface area (Å²) in [5, 5.41) is 0.786. The van der Waals surface area contributed by atoms with Crippen molar-refractivity contribution in [3.05, 3.63) is 34.9 Å². The van der Waals surface area contributed by atoms with Gasteiger partial charge in [0, 0.05) is 21.6 Å². The molecule has 0 radical (unpaired) electrons. The van der Waals surface area contributed by atoms with Crippen molar-refractivity contribution < 1.29 is 4.21 Å². The Morgan fingerprint density at radius 3 is 2.19 bits per heavy atom. The van der Waals surface area contributed by atoms with Gasteiger partial charge in [0.15, 0.2) is 0 Å². The van der Waals surface area contributed by atoms with Gasteiger partial charge in [0.25, 0.3) is 0 Å². The number of hydrogen-bond acceptors (Lipinski definition) is 1. The molecule has 0 aliphatic carbocycles. The Morgan fingerprint density at radius 1 is 1.25 bits per heavy atom. The van der Waals surface area contributed by atoms with E-state index in [4.69, 9.17) is 11.6 Å². The maximum absolute atomic E-state index is 12.1. The highest BCUT2D eigenvalue weighted by molar-refractivity contribution is 7.85. The van der Waals surface area contributed by atoms with Gasteiger partial charge in [-0.25, -0.2) is 0 Å². The van der Waals surface area contributed by atoms with Crippen LogP contribution < -0.4 is 0 Å². The van der Waals surface area contributed by atoms with E-state index in [-0.39, 0.29) is 10.7 Å². The summed E-state index contributed by atoms with van der Waals surface area (Å²) >= 11 is 5.83. The summed E-state index contributed by atoms with van der Waals surface area (Å²) in [4.78, 5) is 0. The zero-order valence-electron chi connectivity index (χ0n) is 10.3. The van der Waals surface area contributed by atoms with Gasteiger partial charge in [-0.3, -0.25) is 4.21 Å². The molecule has 1 nitrogen and oxygen atoms in total. The Balaban J connectivity index is 2.74. The molecule has 1 aromatic rings. The largest absolute Gasteiger partial charge is 0.259 e. The molecule has 0 fully saturated rings. The van der Waals surface area contributed by atoms with Crippen LogP contribution in [0.3, 0.4) is 0 Å². The third kappa shape index (κ3) is 4.26. The first-order valence-corrected chi connectivity index (χ1v) is 7.18. The zero-order valence-corrected chi connectivity index (χ0v) is 11.9. The molecule has 0 N–H and O–H groups in total. The van der Waals surface area contributed by atoms with Gasteiger partial charge in [0.05, 0.1) is 5.25 Å². The Kier molecular flexibility index (Phi) is 4.57. The third-order valence-corrected chi connectivity index (χ3v) is 4.77. The lowest BCUT2D eigenvalue weighted by Gasteiger charge is -2.20. The Labute approximate surface area is 106 Å². The monoisotopic (exact) mass is 258 g/mol. The quantitative estimate of drug-likeness (QED) is 0.794. The molecule has 16 heavy (non-hydrogen) atoms. The molecule has 0 saturated carbocycles. The molecule has 0 aliphatic rings. The maximum atomic E-state index is 12.1. The Hall–Kier alpha value is -0.340. The maximum Gasteiger partial charge on any atom is 0.0569 e. The Bertz CT molecular complexity index is 365. The van der Waals surface area contributed by atoms with Gasteiger partial charge in [-0.1, -0.05) is 44.5 Å². The van der Waals surface area contributed by atoms with E-state index in [1.807, 2.05) is 31.2 Å². The van der Waals surface area contributed by atoms with Gasteiger partial charge in [-0.2, -0.15) is 0 Å². The fourth-order valence-electron chi connectivity index (χ4n) is 1.44. The second-order valence-electron chi connectivity index (χ2n) is 5.28. The van der Waals surface area contributed by atoms with Crippen molar-refractivity contribution in [3.8, 4) is 0 Å². The molecule has 0 saturated heterocycles. The van der Waals surface area contributed by atoms with Crippen molar-refractivity contribution in [3.63, 3.8) is 0 Å². The molecular weight excluding hydrogens is 240 g/mol. The number of halogens is 1. The fourth-order valence-corrected chi connectivity index (χ4v) is 3.13. The van der Waals surface area contributed by atoms with Gasteiger partial charge in [-0.15, -0.1) is 0 Å². The van der Waals surface area contributed by atoms with E-state index in [0.717, 1.165) is 16.3 Å². The molecule has 1 aromatic carbocycles. The lowest BCUT2D eigenvalue weighted by atomic mass is 10.0. The highest BCUT2D eigenvalue weighted by atomic mass is 35.5. The van der Waals surface area contributed by atoms with E-state index in [1.165, 1.54) is 0 Å². The van der Waals surface area contributed by atoms with Crippen LogP contribution in [-0.4, -0.2) is 9.96 Å². The third-order valence-electron chi connectivity index (χ3n) is 2.31. The molecule has 1 rings (SSSR count). The molecule has 90 valence electrons. The molecule has 0 heterocycles. The van der Waals surface area contributed by atoms with Gasteiger partial charge in [0.1, 0.15) is 0 Å². The normalized spacial score (nSPS) is 15.8. The highest BCUT2D eigenvalue weighted by Crippen LogP contribution is 2.25. The molecular formula is C13H19ClOS. The van der Waals surface area contributed by atoms with Gasteiger partial charge in [-0.05, 0) is 30.0 Å². The van der Waals surface area contributed by atoms with E-state index < -0.39 is 10.8 Å². The average molecular weight is 259 g/mol. The van der Waals surface area contributed by atoms with Crippen LogP contribution in [0.4, 0.5) is 0 Å². The van der Waals surface area contributed by atoms with Crippen LogP contribution in [0, 0.1) is 5.41 Å². The average Bonchev–Trinajstić information content (AvgIpc) is 2.15. The van der Waals surface area contributed by atoms with Crippen molar-refractivity contribution in [1.29, 1.82) is 0 Å². The lowest BCUT2D eigenvalue weighted by molar-refractivity contribution is 0.472. The van der Waals surface area contributed by atoms with Crippen LogP contribution in [0.2, 0.25) is 5.02 Å². The predicted molar refractivity (Wildman–Crippen MR) is 72.3 cm³/mol. The van der Waals surface area contributed by atoms with Crippen molar-refractivity contribution in [2.75, 3.05) is 5.75 Å². The smallest absolute Gasteiger partial charge is 0.0569 e. The summed E-state index contributed by atoms with van der Waals surface area (Å²) < 4.78 is 12.1. The Morgan fingerprint density at radius 2 is 1.75 bits per heavy atom. The second kappa shape index (κ2) is 5.33. The summed E-state index contributed by atoms with van der Waals surface area (Å²) in [5.74, 6) is 0.719. The molecule has 0 spiro atoms. The van der Waals surface area contributed by atoms with Crippen molar-refractivity contribution in [2.45, 2.75) is 32.9 Å². The van der Waals surface area contributed by atoms with E-state index in [0.29, 0.717) is 0 Å². The second-order valence-corrected chi connectivity index (χ2v) is 7.47. The van der Waals surface area contributed by atoms with Gasteiger partial charge in [0.2, 0.25) is 0 Å². The van der Waals surface area contributed by atoms with Crippen LogP contribution in [0.25, 0.3) is 0 Å². The van der Waals surface area contributed by atoms with Crippen molar-refractivity contribution in [2.24, 2.45) is 5.41 Å². The van der Waals surface area contributed by atoms with Crippen LogP contribution in [0.5, 0.6) is 0 Å².